The highest BCUT2D eigenvalue weighted by Crippen LogP contribution is 2.24. The second-order valence-electron chi connectivity index (χ2n) is 6.56. The molecule has 0 aliphatic rings. The molecule has 0 unspecified atom stereocenters. The monoisotopic (exact) mass is 428 g/mol. The molecule has 3 rings (SSSR count). The van der Waals surface area contributed by atoms with Gasteiger partial charge >= 0.3 is 0 Å². The highest BCUT2D eigenvalue weighted by Gasteiger charge is 2.19. The lowest BCUT2D eigenvalue weighted by Crippen LogP contribution is -2.29. The maximum Gasteiger partial charge on any atom is 0.262 e. The van der Waals surface area contributed by atoms with Gasteiger partial charge in [-0.15, -0.1) is 0 Å². The Morgan fingerprint density at radius 3 is 2.23 bits per heavy atom. The van der Waals surface area contributed by atoms with Crippen molar-refractivity contribution in [2.75, 3.05) is 22.5 Å². The smallest absolute Gasteiger partial charge is 0.262 e. The number of rotatable bonds is 8. The van der Waals surface area contributed by atoms with Crippen LogP contribution in [-0.4, -0.2) is 27.2 Å². The third-order valence-corrected chi connectivity index (χ3v) is 5.36. The predicted molar refractivity (Wildman–Crippen MR) is 114 cm³/mol. The molecule has 0 atom stereocenters. The number of para-hydroxylation sites is 1. The lowest BCUT2D eigenvalue weighted by atomic mass is 10.2. The van der Waals surface area contributed by atoms with Crippen molar-refractivity contribution >= 4 is 27.3 Å². The molecule has 0 aromatic heterocycles. The maximum atomic E-state index is 14.0. The van der Waals surface area contributed by atoms with Gasteiger partial charge in [0, 0.05) is 11.3 Å². The van der Waals surface area contributed by atoms with Crippen molar-refractivity contribution in [2.45, 2.75) is 6.54 Å². The van der Waals surface area contributed by atoms with E-state index in [2.05, 4.69) is 5.32 Å². The van der Waals surface area contributed by atoms with E-state index < -0.39 is 15.8 Å². The van der Waals surface area contributed by atoms with Crippen LogP contribution in [0.1, 0.15) is 5.56 Å². The lowest BCUT2D eigenvalue weighted by molar-refractivity contribution is -0.118. The third kappa shape index (κ3) is 5.81. The quantitative estimate of drug-likeness (QED) is 0.592. The summed E-state index contributed by atoms with van der Waals surface area (Å²) in [5.74, 6) is -0.389. The summed E-state index contributed by atoms with van der Waals surface area (Å²) in [6.07, 6.45) is 1.06. The number of hydrogen-bond donors (Lipinski definition) is 1. The number of nitrogens with one attached hydrogen (secondary N) is 1. The van der Waals surface area contributed by atoms with Gasteiger partial charge in [-0.25, -0.2) is 12.8 Å². The fraction of sp³-hybridized carbons (Fsp3) is 0.136. The van der Waals surface area contributed by atoms with Crippen molar-refractivity contribution in [3.8, 4) is 5.75 Å². The van der Waals surface area contributed by atoms with Gasteiger partial charge in [-0.1, -0.05) is 36.4 Å². The predicted octanol–water partition coefficient (Wildman–Crippen LogP) is 3.81. The maximum absolute atomic E-state index is 14.0. The van der Waals surface area contributed by atoms with Crippen LogP contribution in [0.2, 0.25) is 0 Å². The highest BCUT2D eigenvalue weighted by molar-refractivity contribution is 7.92. The number of carbonyl (C=O) groups is 1. The van der Waals surface area contributed by atoms with Crippen LogP contribution in [0.25, 0.3) is 0 Å². The van der Waals surface area contributed by atoms with E-state index in [-0.39, 0.29) is 24.6 Å². The Kier molecular flexibility index (Phi) is 6.68. The summed E-state index contributed by atoms with van der Waals surface area (Å²) in [5.41, 5.74) is 1.29. The van der Waals surface area contributed by atoms with Crippen LogP contribution in [0.3, 0.4) is 0 Å². The van der Waals surface area contributed by atoms with Gasteiger partial charge in [-0.3, -0.25) is 9.10 Å². The standard InChI is InChI=1S/C22H21FN2O4S/c1-30(27,28)25(15-17-7-5-6-10-21(17)23)19-11-13-20(14-12-19)29-16-22(26)24-18-8-3-2-4-9-18/h2-14H,15-16H2,1H3,(H,24,26). The van der Waals surface area contributed by atoms with Gasteiger partial charge in [0.1, 0.15) is 11.6 Å². The average molecular weight is 428 g/mol. The molecule has 30 heavy (non-hydrogen) atoms. The van der Waals surface area contributed by atoms with E-state index in [0.717, 1.165) is 10.6 Å². The van der Waals surface area contributed by atoms with Crippen LogP contribution < -0.4 is 14.4 Å². The van der Waals surface area contributed by atoms with E-state index in [4.69, 9.17) is 4.74 Å². The molecule has 8 heteroatoms. The lowest BCUT2D eigenvalue weighted by Gasteiger charge is -2.23. The van der Waals surface area contributed by atoms with E-state index in [1.807, 2.05) is 18.2 Å². The molecular weight excluding hydrogens is 407 g/mol. The van der Waals surface area contributed by atoms with E-state index in [9.17, 15) is 17.6 Å². The van der Waals surface area contributed by atoms with Crippen molar-refractivity contribution in [3.63, 3.8) is 0 Å². The molecule has 0 saturated heterocycles. The van der Waals surface area contributed by atoms with Crippen LogP contribution in [-0.2, 0) is 21.4 Å². The minimum Gasteiger partial charge on any atom is -0.484 e. The van der Waals surface area contributed by atoms with Crippen LogP contribution in [0.15, 0.2) is 78.9 Å². The van der Waals surface area contributed by atoms with Crippen molar-refractivity contribution in [3.05, 3.63) is 90.2 Å². The zero-order chi connectivity index (χ0) is 21.6. The normalized spacial score (nSPS) is 11.0. The van der Waals surface area contributed by atoms with Gasteiger partial charge in [0.25, 0.3) is 5.91 Å². The molecule has 3 aromatic carbocycles. The van der Waals surface area contributed by atoms with E-state index >= 15 is 0 Å². The number of nitrogens with zero attached hydrogens (tertiary/aromatic N) is 1. The summed E-state index contributed by atoms with van der Waals surface area (Å²) in [5, 5.41) is 2.71. The fourth-order valence-electron chi connectivity index (χ4n) is 2.76. The molecule has 1 amide bonds. The number of hydrogen-bond acceptors (Lipinski definition) is 4. The Bertz CT molecular complexity index is 1100. The molecule has 0 spiro atoms. The van der Waals surface area contributed by atoms with Crippen LogP contribution in [0, 0.1) is 5.82 Å². The third-order valence-electron chi connectivity index (χ3n) is 4.22. The Labute approximate surface area is 175 Å². The molecule has 156 valence electrons. The minimum atomic E-state index is -3.64. The number of amides is 1. The first-order valence-corrected chi connectivity index (χ1v) is 11.0. The molecule has 0 radical (unpaired) electrons. The summed E-state index contributed by atoms with van der Waals surface area (Å²) in [4.78, 5) is 12.0. The Morgan fingerprint density at radius 2 is 1.60 bits per heavy atom. The number of halogens is 1. The molecule has 0 aliphatic heterocycles. The molecular formula is C22H21FN2O4S. The molecule has 0 bridgehead atoms. The van der Waals surface area contributed by atoms with E-state index in [1.54, 1.807) is 48.5 Å². The molecule has 3 aromatic rings. The second-order valence-corrected chi connectivity index (χ2v) is 8.46. The van der Waals surface area contributed by atoms with Crippen molar-refractivity contribution in [1.82, 2.24) is 0 Å². The molecule has 0 aliphatic carbocycles. The molecule has 6 nitrogen and oxygen atoms in total. The topological polar surface area (TPSA) is 75.7 Å². The zero-order valence-electron chi connectivity index (χ0n) is 16.3. The number of carbonyl (C=O) groups excluding carboxylic acids is 1. The largest absolute Gasteiger partial charge is 0.484 e. The molecule has 1 N–H and O–H groups in total. The van der Waals surface area contributed by atoms with Gasteiger partial charge in [0.2, 0.25) is 10.0 Å². The SMILES string of the molecule is CS(=O)(=O)N(Cc1ccccc1F)c1ccc(OCC(=O)Nc2ccccc2)cc1. The average Bonchev–Trinajstić information content (AvgIpc) is 2.72. The van der Waals surface area contributed by atoms with E-state index in [0.29, 0.717) is 17.1 Å². The molecule has 0 fully saturated rings. The highest BCUT2D eigenvalue weighted by atomic mass is 32.2. The Morgan fingerprint density at radius 1 is 0.967 bits per heavy atom. The van der Waals surface area contributed by atoms with Gasteiger partial charge in [0.05, 0.1) is 18.5 Å². The summed E-state index contributed by atoms with van der Waals surface area (Å²) >= 11 is 0. The Hall–Kier alpha value is -3.39. The molecule has 0 heterocycles. The van der Waals surface area contributed by atoms with Crippen LogP contribution in [0.4, 0.5) is 15.8 Å². The number of ether oxygens (including phenoxy) is 1. The number of sulfonamides is 1. The number of benzene rings is 3. The van der Waals surface area contributed by atoms with E-state index in [1.165, 1.54) is 12.1 Å². The molecule has 0 saturated carbocycles. The fourth-order valence-corrected chi connectivity index (χ4v) is 3.64. The van der Waals surface area contributed by atoms with Crippen molar-refractivity contribution < 1.29 is 22.3 Å². The van der Waals surface area contributed by atoms with Crippen LogP contribution in [0.5, 0.6) is 5.75 Å². The first-order chi connectivity index (χ1) is 14.3. The van der Waals surface area contributed by atoms with Gasteiger partial charge in [-0.05, 0) is 42.5 Å². The van der Waals surface area contributed by atoms with Gasteiger partial charge in [0.15, 0.2) is 6.61 Å². The summed E-state index contributed by atoms with van der Waals surface area (Å²) < 4.78 is 45.0. The van der Waals surface area contributed by atoms with Crippen LogP contribution >= 0.6 is 0 Å². The van der Waals surface area contributed by atoms with Gasteiger partial charge < -0.3 is 10.1 Å². The first kappa shape index (κ1) is 21.3. The summed E-state index contributed by atoms with van der Waals surface area (Å²) in [6.45, 7) is -0.329. The summed E-state index contributed by atoms with van der Waals surface area (Å²) in [7, 11) is -3.64. The second kappa shape index (κ2) is 9.41. The van der Waals surface area contributed by atoms with Gasteiger partial charge in [-0.2, -0.15) is 0 Å². The zero-order valence-corrected chi connectivity index (χ0v) is 17.1. The first-order valence-electron chi connectivity index (χ1n) is 9.12. The summed E-state index contributed by atoms with van der Waals surface area (Å²) in [6, 6.07) is 21.2. The van der Waals surface area contributed by atoms with Crippen molar-refractivity contribution in [2.24, 2.45) is 0 Å². The number of anilines is 2. The Balaban J connectivity index is 1.66. The van der Waals surface area contributed by atoms with Crippen molar-refractivity contribution in [1.29, 1.82) is 0 Å². The minimum absolute atomic E-state index is 0.134.